The zero-order valence-corrected chi connectivity index (χ0v) is 11.3. The molecule has 0 aliphatic heterocycles. The molecular weight excluding hydrogens is 294 g/mol. The molecule has 4 heteroatoms. The van der Waals surface area contributed by atoms with Gasteiger partial charge in [0.1, 0.15) is 5.58 Å². The van der Waals surface area contributed by atoms with E-state index < -0.39 is 0 Å². The van der Waals surface area contributed by atoms with Gasteiger partial charge in [0.2, 0.25) is 5.91 Å². The number of benzene rings is 2. The summed E-state index contributed by atoms with van der Waals surface area (Å²) in [5, 5.41) is 2.06. The number of para-hydroxylation sites is 2. The second kappa shape index (κ2) is 4.14. The second-order valence-corrected chi connectivity index (χ2v) is 4.76. The van der Waals surface area contributed by atoms with E-state index in [2.05, 4.69) is 16.1 Å². The molecule has 0 aliphatic carbocycles. The molecule has 0 N–H and O–H groups in total. The van der Waals surface area contributed by atoms with Crippen molar-refractivity contribution >= 4 is 49.7 Å². The van der Waals surface area contributed by atoms with Crippen molar-refractivity contribution in [2.45, 2.75) is 6.92 Å². The molecule has 90 valence electrons. The van der Waals surface area contributed by atoms with Crippen molar-refractivity contribution in [1.29, 1.82) is 0 Å². The van der Waals surface area contributed by atoms with Crippen molar-refractivity contribution in [3.63, 3.8) is 0 Å². The van der Waals surface area contributed by atoms with Crippen LogP contribution < -0.4 is 3.93 Å². The van der Waals surface area contributed by atoms with E-state index >= 15 is 0 Å². The van der Waals surface area contributed by atoms with Crippen LogP contribution in [0.5, 0.6) is 0 Å². The van der Waals surface area contributed by atoms with E-state index in [4.69, 9.17) is 4.42 Å². The molecule has 0 spiro atoms. The summed E-state index contributed by atoms with van der Waals surface area (Å²) in [5.74, 6) is -0.0945. The summed E-state index contributed by atoms with van der Waals surface area (Å²) in [6.45, 7) is 1.50. The molecule has 18 heavy (non-hydrogen) atoms. The first-order valence-electron chi connectivity index (χ1n) is 5.55. The van der Waals surface area contributed by atoms with E-state index in [1.807, 2.05) is 42.5 Å². The van der Waals surface area contributed by atoms with Crippen LogP contribution in [0, 0.1) is 0 Å². The van der Waals surface area contributed by atoms with Gasteiger partial charge in [-0.05, 0) is 12.1 Å². The fourth-order valence-electron chi connectivity index (χ4n) is 2.06. The Hall–Kier alpha value is -1.81. The molecule has 1 amide bonds. The standard InChI is InChI=1S/C14H10BrNO2/c1-9(17)16(15)12-7-4-6-11-10-5-2-3-8-13(10)18-14(11)12/h2-8H,1H3. The molecule has 1 aromatic heterocycles. The van der Waals surface area contributed by atoms with Crippen LogP contribution >= 0.6 is 16.1 Å². The maximum absolute atomic E-state index is 11.4. The monoisotopic (exact) mass is 303 g/mol. The van der Waals surface area contributed by atoms with Crippen molar-refractivity contribution in [1.82, 2.24) is 0 Å². The fraction of sp³-hybridized carbons (Fsp3) is 0.0714. The molecular formula is C14H10BrNO2. The van der Waals surface area contributed by atoms with E-state index in [-0.39, 0.29) is 5.91 Å². The third kappa shape index (κ3) is 1.61. The summed E-state index contributed by atoms with van der Waals surface area (Å²) < 4.78 is 7.25. The van der Waals surface area contributed by atoms with Crippen molar-refractivity contribution in [2.75, 3.05) is 3.93 Å². The Bertz CT molecular complexity index is 748. The summed E-state index contributed by atoms with van der Waals surface area (Å²) >= 11 is 3.25. The first-order chi connectivity index (χ1) is 8.68. The Labute approximate surface area is 112 Å². The topological polar surface area (TPSA) is 33.5 Å². The third-order valence-electron chi connectivity index (χ3n) is 2.87. The van der Waals surface area contributed by atoms with Gasteiger partial charge in [0, 0.05) is 17.7 Å². The molecule has 0 saturated heterocycles. The third-order valence-corrected chi connectivity index (χ3v) is 3.75. The first kappa shape index (κ1) is 11.3. The Kier molecular flexibility index (Phi) is 2.59. The lowest BCUT2D eigenvalue weighted by Crippen LogP contribution is -2.15. The quantitative estimate of drug-likeness (QED) is 0.630. The number of nitrogens with zero attached hydrogens (tertiary/aromatic N) is 1. The highest BCUT2D eigenvalue weighted by atomic mass is 79.9. The summed E-state index contributed by atoms with van der Waals surface area (Å²) in [7, 11) is 0. The first-order valence-corrected chi connectivity index (χ1v) is 6.26. The van der Waals surface area contributed by atoms with Gasteiger partial charge in [0.25, 0.3) is 0 Å². The molecule has 0 saturated carbocycles. The highest BCUT2D eigenvalue weighted by Crippen LogP contribution is 2.35. The van der Waals surface area contributed by atoms with Crippen LogP contribution in [0.2, 0.25) is 0 Å². The van der Waals surface area contributed by atoms with E-state index in [0.29, 0.717) is 5.58 Å². The largest absolute Gasteiger partial charge is 0.454 e. The Morgan fingerprint density at radius 2 is 1.83 bits per heavy atom. The normalized spacial score (nSPS) is 11.0. The number of carbonyl (C=O) groups excluding carboxylic acids is 1. The molecule has 2 aromatic carbocycles. The van der Waals surface area contributed by atoms with Crippen molar-refractivity contribution in [3.8, 4) is 0 Å². The average molecular weight is 304 g/mol. The molecule has 3 aromatic rings. The molecule has 3 rings (SSSR count). The summed E-state index contributed by atoms with van der Waals surface area (Å²) in [6, 6.07) is 13.6. The molecule has 1 heterocycles. The average Bonchev–Trinajstić information content (AvgIpc) is 2.76. The van der Waals surface area contributed by atoms with E-state index in [1.165, 1.54) is 10.8 Å². The summed E-state index contributed by atoms with van der Waals surface area (Å²) in [5.41, 5.74) is 2.26. The van der Waals surface area contributed by atoms with Crippen LogP contribution in [-0.4, -0.2) is 5.91 Å². The lowest BCUT2D eigenvalue weighted by Gasteiger charge is -2.11. The number of rotatable bonds is 1. The summed E-state index contributed by atoms with van der Waals surface area (Å²) in [4.78, 5) is 11.4. The van der Waals surface area contributed by atoms with Crippen LogP contribution in [0.15, 0.2) is 46.9 Å². The van der Waals surface area contributed by atoms with Crippen LogP contribution in [0.1, 0.15) is 6.92 Å². The molecule has 3 nitrogen and oxygen atoms in total. The lowest BCUT2D eigenvalue weighted by molar-refractivity contribution is -0.115. The van der Waals surface area contributed by atoms with Gasteiger partial charge >= 0.3 is 0 Å². The Balaban J connectivity index is 2.37. The predicted molar refractivity (Wildman–Crippen MR) is 75.8 cm³/mol. The maximum Gasteiger partial charge on any atom is 0.234 e. The van der Waals surface area contributed by atoms with Crippen molar-refractivity contribution in [3.05, 3.63) is 42.5 Å². The second-order valence-electron chi connectivity index (χ2n) is 4.05. The highest BCUT2D eigenvalue weighted by Gasteiger charge is 2.16. The van der Waals surface area contributed by atoms with E-state index in [0.717, 1.165) is 22.0 Å². The van der Waals surface area contributed by atoms with Crippen LogP contribution in [0.3, 0.4) is 0 Å². The van der Waals surface area contributed by atoms with Crippen molar-refractivity contribution < 1.29 is 9.21 Å². The van der Waals surface area contributed by atoms with Gasteiger partial charge in [0.05, 0.1) is 21.8 Å². The van der Waals surface area contributed by atoms with E-state index in [9.17, 15) is 4.79 Å². The van der Waals surface area contributed by atoms with Crippen LogP contribution in [0.25, 0.3) is 21.9 Å². The van der Waals surface area contributed by atoms with Crippen LogP contribution in [-0.2, 0) is 4.79 Å². The van der Waals surface area contributed by atoms with Gasteiger partial charge in [0.15, 0.2) is 5.58 Å². The predicted octanol–water partition coefficient (Wildman–Crippen LogP) is 4.25. The highest BCUT2D eigenvalue weighted by molar-refractivity contribution is 9.10. The van der Waals surface area contributed by atoms with Crippen molar-refractivity contribution in [2.24, 2.45) is 0 Å². The lowest BCUT2D eigenvalue weighted by atomic mass is 10.1. The number of carbonyl (C=O) groups is 1. The van der Waals surface area contributed by atoms with Gasteiger partial charge in [-0.25, -0.2) is 3.93 Å². The number of hydrogen-bond donors (Lipinski definition) is 0. The minimum atomic E-state index is -0.0945. The fourth-order valence-corrected chi connectivity index (χ4v) is 2.34. The van der Waals surface area contributed by atoms with Gasteiger partial charge in [-0.2, -0.15) is 0 Å². The van der Waals surface area contributed by atoms with Gasteiger partial charge in [-0.3, -0.25) is 4.79 Å². The van der Waals surface area contributed by atoms with Crippen LogP contribution in [0.4, 0.5) is 5.69 Å². The minimum Gasteiger partial charge on any atom is -0.454 e. The number of halogens is 1. The molecule has 0 unspecified atom stereocenters. The number of fused-ring (bicyclic) bond motifs is 3. The smallest absolute Gasteiger partial charge is 0.234 e. The Morgan fingerprint density at radius 1 is 1.11 bits per heavy atom. The molecule has 0 fully saturated rings. The minimum absolute atomic E-state index is 0.0945. The van der Waals surface area contributed by atoms with E-state index in [1.54, 1.807) is 0 Å². The zero-order valence-electron chi connectivity index (χ0n) is 9.68. The van der Waals surface area contributed by atoms with Gasteiger partial charge in [-0.15, -0.1) is 0 Å². The molecule has 0 bridgehead atoms. The zero-order chi connectivity index (χ0) is 12.7. The SMILES string of the molecule is CC(=O)N(Br)c1cccc2c1oc1ccccc12. The number of anilines is 1. The van der Waals surface area contributed by atoms with Gasteiger partial charge < -0.3 is 4.42 Å². The number of amides is 1. The Morgan fingerprint density at radius 3 is 2.61 bits per heavy atom. The number of hydrogen-bond acceptors (Lipinski definition) is 2. The maximum atomic E-state index is 11.4. The molecule has 0 atom stereocenters. The molecule has 0 radical (unpaired) electrons. The molecule has 0 aliphatic rings. The van der Waals surface area contributed by atoms with Gasteiger partial charge in [-0.1, -0.05) is 30.3 Å². The number of furan rings is 1. The summed E-state index contributed by atoms with van der Waals surface area (Å²) in [6.07, 6.45) is 0.